The van der Waals surface area contributed by atoms with Crippen molar-refractivity contribution in [2.75, 3.05) is 5.73 Å². The molecule has 3 N–H and O–H groups in total. The van der Waals surface area contributed by atoms with Gasteiger partial charge in [0.15, 0.2) is 17.1 Å². The second-order valence-electron chi connectivity index (χ2n) is 6.95. The average Bonchev–Trinajstić information content (AvgIpc) is 3.25. The first-order valence-corrected chi connectivity index (χ1v) is 9.76. The van der Waals surface area contributed by atoms with Crippen molar-refractivity contribution in [3.05, 3.63) is 68.4 Å². The van der Waals surface area contributed by atoms with Gasteiger partial charge in [0.2, 0.25) is 0 Å². The predicted octanol–water partition coefficient (Wildman–Crippen LogP) is 4.48. The number of fused-ring (bicyclic) bond motifs is 2. The second kappa shape index (κ2) is 6.31. The van der Waals surface area contributed by atoms with E-state index in [2.05, 4.69) is 37.3 Å². The third-order valence-corrected chi connectivity index (χ3v) is 5.54. The fourth-order valence-corrected chi connectivity index (χ4v) is 3.84. The number of benzene rings is 2. The number of halogens is 1. The van der Waals surface area contributed by atoms with Crippen LogP contribution < -0.4 is 11.3 Å². The Morgan fingerprint density at radius 2 is 1.90 bits per heavy atom. The van der Waals surface area contributed by atoms with Crippen molar-refractivity contribution in [1.82, 2.24) is 20.0 Å². The van der Waals surface area contributed by atoms with Crippen LogP contribution in [0.3, 0.4) is 0 Å². The van der Waals surface area contributed by atoms with E-state index in [1.54, 1.807) is 4.68 Å². The first kappa shape index (κ1) is 17.7. The molecular weight excluding hydrogens is 434 g/mol. The summed E-state index contributed by atoms with van der Waals surface area (Å²) in [5, 5.41) is 12.4. The summed E-state index contributed by atoms with van der Waals surface area (Å²) in [5.41, 5.74) is 10.2. The Kier molecular flexibility index (Phi) is 3.85. The molecule has 3 aromatic heterocycles. The van der Waals surface area contributed by atoms with Crippen LogP contribution in [0.5, 0.6) is 0 Å². The molecule has 0 unspecified atom stereocenters. The number of nitrogen functional groups attached to an aromatic ring is 1. The smallest absolute Gasteiger partial charge is 0.292 e. The largest absolute Gasteiger partial charge is 0.454 e. The Hall–Kier alpha value is -3.39. The minimum Gasteiger partial charge on any atom is -0.454 e. The van der Waals surface area contributed by atoms with Crippen LogP contribution in [-0.2, 0) is 0 Å². The van der Waals surface area contributed by atoms with Gasteiger partial charge in [-0.05, 0) is 50.2 Å². The third-order valence-electron chi connectivity index (χ3n) is 5.01. The van der Waals surface area contributed by atoms with Gasteiger partial charge in [0, 0.05) is 15.4 Å². The highest BCUT2D eigenvalue weighted by atomic mass is 79.9. The highest BCUT2D eigenvalue weighted by Crippen LogP contribution is 2.39. The first-order chi connectivity index (χ1) is 13.9. The highest BCUT2D eigenvalue weighted by molar-refractivity contribution is 9.10. The van der Waals surface area contributed by atoms with Gasteiger partial charge in [0.05, 0.1) is 11.1 Å². The second-order valence-corrected chi connectivity index (χ2v) is 7.87. The Morgan fingerprint density at radius 3 is 2.66 bits per heavy atom. The molecule has 8 heteroatoms. The van der Waals surface area contributed by atoms with E-state index in [4.69, 9.17) is 10.2 Å². The number of aromatic nitrogens is 4. The Morgan fingerprint density at radius 1 is 1.14 bits per heavy atom. The van der Waals surface area contributed by atoms with E-state index in [1.807, 2.05) is 50.2 Å². The Labute approximate surface area is 173 Å². The van der Waals surface area contributed by atoms with Gasteiger partial charge in [0.1, 0.15) is 11.3 Å². The molecule has 7 nitrogen and oxygen atoms in total. The van der Waals surface area contributed by atoms with Crippen LogP contribution in [0.15, 0.2) is 56.1 Å². The summed E-state index contributed by atoms with van der Waals surface area (Å²) >= 11 is 3.45. The number of aromatic amines is 1. The zero-order valence-corrected chi connectivity index (χ0v) is 17.2. The van der Waals surface area contributed by atoms with Crippen LogP contribution in [0.25, 0.3) is 39.0 Å². The minimum atomic E-state index is -0.407. The SMILES string of the molecule is Cc1ccc2oc(-c3c4c(N)n[nH]c(=O)c4nn3-c3ccc(Br)cc3)c(C)c2c1. The monoisotopic (exact) mass is 449 g/mol. The first-order valence-electron chi connectivity index (χ1n) is 8.97. The lowest BCUT2D eigenvalue weighted by atomic mass is 10.1. The van der Waals surface area contributed by atoms with Gasteiger partial charge in [0.25, 0.3) is 5.56 Å². The predicted molar refractivity (Wildman–Crippen MR) is 116 cm³/mol. The van der Waals surface area contributed by atoms with E-state index in [-0.39, 0.29) is 11.3 Å². The summed E-state index contributed by atoms with van der Waals surface area (Å²) in [6.07, 6.45) is 0. The Bertz CT molecular complexity index is 1460. The molecule has 0 amide bonds. The molecule has 5 rings (SSSR count). The maximum atomic E-state index is 12.4. The van der Waals surface area contributed by atoms with Crippen LogP contribution in [0, 0.1) is 13.8 Å². The summed E-state index contributed by atoms with van der Waals surface area (Å²) in [6, 6.07) is 13.6. The van der Waals surface area contributed by atoms with Gasteiger partial charge < -0.3 is 10.2 Å². The molecule has 0 aliphatic heterocycles. The fourth-order valence-electron chi connectivity index (χ4n) is 3.58. The molecule has 0 fully saturated rings. The Balaban J connectivity index is 1.93. The number of aryl methyl sites for hydroxylation is 2. The number of nitrogens with two attached hydrogens (primary N) is 1. The number of nitrogens with one attached hydrogen (secondary N) is 1. The number of anilines is 1. The summed E-state index contributed by atoms with van der Waals surface area (Å²) in [5.74, 6) is 0.795. The van der Waals surface area contributed by atoms with Gasteiger partial charge in [-0.1, -0.05) is 27.6 Å². The summed E-state index contributed by atoms with van der Waals surface area (Å²) in [6.45, 7) is 4.02. The van der Waals surface area contributed by atoms with Gasteiger partial charge in [-0.25, -0.2) is 9.78 Å². The number of hydrogen-bond donors (Lipinski definition) is 2. The molecule has 2 aromatic carbocycles. The number of hydrogen-bond acceptors (Lipinski definition) is 5. The van der Waals surface area contributed by atoms with Crippen molar-refractivity contribution >= 4 is 43.6 Å². The van der Waals surface area contributed by atoms with Crippen molar-refractivity contribution in [2.45, 2.75) is 13.8 Å². The zero-order chi connectivity index (χ0) is 20.3. The molecule has 0 saturated carbocycles. The van der Waals surface area contributed by atoms with Crippen molar-refractivity contribution in [2.24, 2.45) is 0 Å². The van der Waals surface area contributed by atoms with Crippen LogP contribution in [-0.4, -0.2) is 20.0 Å². The number of nitrogens with zero attached hydrogens (tertiary/aromatic N) is 3. The maximum absolute atomic E-state index is 12.4. The third kappa shape index (κ3) is 2.67. The van der Waals surface area contributed by atoms with Gasteiger partial charge in [-0.15, -0.1) is 0 Å². The van der Waals surface area contributed by atoms with E-state index in [0.29, 0.717) is 16.8 Å². The van der Waals surface area contributed by atoms with Crippen molar-refractivity contribution in [3.8, 4) is 17.1 Å². The maximum Gasteiger partial charge on any atom is 0.292 e. The lowest BCUT2D eigenvalue weighted by molar-refractivity contribution is 0.622. The minimum absolute atomic E-state index is 0.189. The van der Waals surface area contributed by atoms with Gasteiger partial charge in [-0.2, -0.15) is 10.2 Å². The van der Waals surface area contributed by atoms with Crippen molar-refractivity contribution < 1.29 is 4.42 Å². The van der Waals surface area contributed by atoms with Crippen LogP contribution >= 0.6 is 15.9 Å². The number of H-pyrrole nitrogens is 1. The topological polar surface area (TPSA) is 103 Å². The molecule has 0 bridgehead atoms. The normalized spacial score (nSPS) is 11.6. The average molecular weight is 450 g/mol. The lowest BCUT2D eigenvalue weighted by Gasteiger charge is -2.07. The molecule has 144 valence electrons. The lowest BCUT2D eigenvalue weighted by Crippen LogP contribution is -2.10. The fraction of sp³-hybridized carbons (Fsp3) is 0.0952. The molecule has 29 heavy (non-hydrogen) atoms. The van der Waals surface area contributed by atoms with E-state index >= 15 is 0 Å². The zero-order valence-electron chi connectivity index (χ0n) is 15.7. The molecule has 0 atom stereocenters. The molecule has 0 radical (unpaired) electrons. The van der Waals surface area contributed by atoms with E-state index in [9.17, 15) is 4.79 Å². The number of furan rings is 1. The summed E-state index contributed by atoms with van der Waals surface area (Å²) in [7, 11) is 0. The molecule has 0 aliphatic rings. The molecule has 0 spiro atoms. The van der Waals surface area contributed by atoms with Gasteiger partial charge in [-0.3, -0.25) is 4.79 Å². The van der Waals surface area contributed by atoms with Crippen LogP contribution in [0.2, 0.25) is 0 Å². The molecule has 0 saturated heterocycles. The highest BCUT2D eigenvalue weighted by Gasteiger charge is 2.25. The van der Waals surface area contributed by atoms with E-state index < -0.39 is 5.56 Å². The molecule has 5 aromatic rings. The van der Waals surface area contributed by atoms with E-state index in [1.165, 1.54) is 0 Å². The van der Waals surface area contributed by atoms with Gasteiger partial charge >= 0.3 is 0 Å². The van der Waals surface area contributed by atoms with E-state index in [0.717, 1.165) is 32.3 Å². The van der Waals surface area contributed by atoms with Crippen LogP contribution in [0.1, 0.15) is 11.1 Å². The standard InChI is InChI=1S/C21H16BrN5O2/c1-10-3-8-15-14(9-10)11(2)19(29-15)18-16-17(21(28)25-24-20(16)23)26-27(18)13-6-4-12(22)5-7-13/h3-9H,1-2H3,(H2,23,24)(H,25,28). The van der Waals surface area contributed by atoms with Crippen molar-refractivity contribution in [1.29, 1.82) is 0 Å². The molecule has 3 heterocycles. The summed E-state index contributed by atoms with van der Waals surface area (Å²) < 4.78 is 8.84. The van der Waals surface area contributed by atoms with Crippen molar-refractivity contribution in [3.63, 3.8) is 0 Å². The quantitative estimate of drug-likeness (QED) is 0.413. The summed E-state index contributed by atoms with van der Waals surface area (Å²) in [4.78, 5) is 12.4. The molecular formula is C21H16BrN5O2. The number of rotatable bonds is 2. The van der Waals surface area contributed by atoms with Crippen LogP contribution in [0.4, 0.5) is 5.82 Å². The molecule has 0 aliphatic carbocycles.